The molecule has 2 aromatic heterocycles. The van der Waals surface area contributed by atoms with E-state index in [0.717, 1.165) is 33.8 Å². The summed E-state index contributed by atoms with van der Waals surface area (Å²) in [5.74, 6) is 0.799. The maximum atomic E-state index is 12.3. The number of aryl methyl sites for hydroxylation is 1. The fourth-order valence-electron chi connectivity index (χ4n) is 3.73. The molecule has 2 heterocycles. The van der Waals surface area contributed by atoms with Crippen molar-refractivity contribution in [3.8, 4) is 11.3 Å². The summed E-state index contributed by atoms with van der Waals surface area (Å²) in [4.78, 5) is 17.0. The first kappa shape index (κ1) is 23.7. The van der Waals surface area contributed by atoms with Gasteiger partial charge in [-0.15, -0.1) is 0 Å². The van der Waals surface area contributed by atoms with Crippen LogP contribution in [0.1, 0.15) is 11.1 Å². The van der Waals surface area contributed by atoms with Crippen molar-refractivity contribution < 1.29 is 4.79 Å². The van der Waals surface area contributed by atoms with Gasteiger partial charge in [0, 0.05) is 45.2 Å². The number of urea groups is 1. The van der Waals surface area contributed by atoms with Gasteiger partial charge in [-0.25, -0.2) is 9.78 Å². The quantitative estimate of drug-likeness (QED) is 0.221. The number of nitrogens with zero attached hydrogens (tertiary/aromatic N) is 3. The number of fused-ring (bicyclic) bond motifs is 1. The molecule has 0 aliphatic rings. The van der Waals surface area contributed by atoms with E-state index in [2.05, 4.69) is 21.0 Å². The van der Waals surface area contributed by atoms with Crippen molar-refractivity contribution in [2.24, 2.45) is 0 Å². The molecule has 0 saturated carbocycles. The number of nitrogens with one attached hydrogen (secondary N) is 3. The van der Waals surface area contributed by atoms with Gasteiger partial charge in [-0.05, 0) is 55.0 Å². The van der Waals surface area contributed by atoms with Crippen LogP contribution in [0, 0.1) is 6.92 Å². The third kappa shape index (κ3) is 5.27. The van der Waals surface area contributed by atoms with Crippen LogP contribution in [0.2, 0.25) is 10.0 Å². The number of rotatable bonds is 6. The highest BCUT2D eigenvalue weighted by molar-refractivity contribution is 6.33. The summed E-state index contributed by atoms with van der Waals surface area (Å²) in [5.41, 5.74) is 5.74. The minimum Gasteiger partial charge on any atom is -0.366 e. The van der Waals surface area contributed by atoms with Crippen LogP contribution in [0.15, 0.2) is 85.1 Å². The summed E-state index contributed by atoms with van der Waals surface area (Å²) in [7, 11) is 0. The second kappa shape index (κ2) is 10.3. The van der Waals surface area contributed by atoms with Gasteiger partial charge in [-0.1, -0.05) is 53.5 Å². The molecule has 0 fully saturated rings. The first-order chi connectivity index (χ1) is 17.5. The Hall–Kier alpha value is -4.07. The van der Waals surface area contributed by atoms with E-state index in [4.69, 9.17) is 28.2 Å². The SMILES string of the molecule is Cc1cnn2c(NCc3ccc(NC(=O)Nc4ccc(Cl)cc4)cc3)cc(-c3ccccc3Cl)nc12. The number of carbonyl (C=O) groups is 1. The third-order valence-electron chi connectivity index (χ3n) is 5.59. The number of anilines is 3. The predicted octanol–water partition coefficient (Wildman–Crippen LogP) is 7.27. The van der Waals surface area contributed by atoms with Gasteiger partial charge in [-0.3, -0.25) is 0 Å². The summed E-state index contributed by atoms with van der Waals surface area (Å²) in [6.45, 7) is 2.53. The Morgan fingerprint density at radius 1 is 0.917 bits per heavy atom. The van der Waals surface area contributed by atoms with Crippen molar-refractivity contribution in [2.75, 3.05) is 16.0 Å². The Kier molecular flexibility index (Phi) is 6.75. The van der Waals surface area contributed by atoms with Crippen LogP contribution in [0.25, 0.3) is 16.9 Å². The molecule has 0 atom stereocenters. The van der Waals surface area contributed by atoms with Crippen LogP contribution >= 0.6 is 23.2 Å². The lowest BCUT2D eigenvalue weighted by atomic mass is 10.1. The van der Waals surface area contributed by atoms with E-state index < -0.39 is 0 Å². The van der Waals surface area contributed by atoms with Crippen molar-refractivity contribution >= 4 is 52.1 Å². The fourth-order valence-corrected chi connectivity index (χ4v) is 4.09. The molecule has 3 N–H and O–H groups in total. The molecule has 0 spiro atoms. The van der Waals surface area contributed by atoms with Gasteiger partial charge in [0.2, 0.25) is 0 Å². The van der Waals surface area contributed by atoms with Gasteiger partial charge in [0.15, 0.2) is 5.65 Å². The van der Waals surface area contributed by atoms with Crippen molar-refractivity contribution in [1.29, 1.82) is 0 Å². The van der Waals surface area contributed by atoms with E-state index in [9.17, 15) is 4.79 Å². The van der Waals surface area contributed by atoms with Gasteiger partial charge in [-0.2, -0.15) is 9.61 Å². The third-order valence-corrected chi connectivity index (χ3v) is 6.17. The maximum absolute atomic E-state index is 12.3. The maximum Gasteiger partial charge on any atom is 0.323 e. The molecule has 5 aromatic rings. The highest BCUT2D eigenvalue weighted by atomic mass is 35.5. The molecular weight excluding hydrogens is 495 g/mol. The number of hydrogen-bond acceptors (Lipinski definition) is 4. The molecular formula is C27H22Cl2N6O. The number of benzene rings is 3. The summed E-state index contributed by atoms with van der Waals surface area (Å²) < 4.78 is 1.78. The van der Waals surface area contributed by atoms with Gasteiger partial charge in [0.25, 0.3) is 0 Å². The van der Waals surface area contributed by atoms with Crippen LogP contribution in [-0.4, -0.2) is 20.6 Å². The molecule has 36 heavy (non-hydrogen) atoms. The molecule has 0 saturated heterocycles. The van der Waals surface area contributed by atoms with Crippen LogP contribution in [0.5, 0.6) is 0 Å². The number of amides is 2. The molecule has 0 aliphatic carbocycles. The molecule has 3 aromatic carbocycles. The normalized spacial score (nSPS) is 10.9. The topological polar surface area (TPSA) is 83.3 Å². The van der Waals surface area contributed by atoms with Crippen LogP contribution in [-0.2, 0) is 6.54 Å². The molecule has 0 unspecified atom stereocenters. The Morgan fingerprint density at radius 3 is 2.28 bits per heavy atom. The van der Waals surface area contributed by atoms with E-state index >= 15 is 0 Å². The lowest BCUT2D eigenvalue weighted by Gasteiger charge is -2.12. The minimum atomic E-state index is -0.330. The number of carbonyl (C=O) groups excluding carboxylic acids is 1. The van der Waals surface area contributed by atoms with E-state index in [1.165, 1.54) is 0 Å². The molecule has 5 rings (SSSR count). The lowest BCUT2D eigenvalue weighted by Crippen LogP contribution is -2.19. The zero-order valence-electron chi connectivity index (χ0n) is 19.3. The summed E-state index contributed by atoms with van der Waals surface area (Å²) in [5, 5.41) is 14.8. The van der Waals surface area contributed by atoms with Crippen molar-refractivity contribution in [3.63, 3.8) is 0 Å². The molecule has 0 radical (unpaired) electrons. The average molecular weight is 517 g/mol. The zero-order chi connectivity index (χ0) is 25.1. The predicted molar refractivity (Wildman–Crippen MR) is 146 cm³/mol. The molecule has 9 heteroatoms. The van der Waals surface area contributed by atoms with Crippen LogP contribution < -0.4 is 16.0 Å². The zero-order valence-corrected chi connectivity index (χ0v) is 20.8. The van der Waals surface area contributed by atoms with E-state index in [0.29, 0.717) is 28.0 Å². The monoisotopic (exact) mass is 516 g/mol. The summed E-state index contributed by atoms with van der Waals surface area (Å²) in [6.07, 6.45) is 1.79. The molecule has 0 bridgehead atoms. The Labute approximate surface area is 218 Å². The number of hydrogen-bond donors (Lipinski definition) is 3. The molecule has 180 valence electrons. The average Bonchev–Trinajstić information content (AvgIpc) is 3.26. The number of aromatic nitrogens is 3. The Morgan fingerprint density at radius 2 is 1.58 bits per heavy atom. The fraction of sp³-hybridized carbons (Fsp3) is 0.0741. The molecule has 0 aliphatic heterocycles. The summed E-state index contributed by atoms with van der Waals surface area (Å²) >= 11 is 12.3. The Bertz CT molecular complexity index is 1530. The van der Waals surface area contributed by atoms with Gasteiger partial charge >= 0.3 is 6.03 Å². The Balaban J connectivity index is 1.29. The minimum absolute atomic E-state index is 0.330. The number of halogens is 2. The first-order valence-corrected chi connectivity index (χ1v) is 12.0. The van der Waals surface area contributed by atoms with Crippen LogP contribution in [0.4, 0.5) is 22.0 Å². The van der Waals surface area contributed by atoms with Gasteiger partial charge in [0.1, 0.15) is 5.82 Å². The van der Waals surface area contributed by atoms with Gasteiger partial charge < -0.3 is 16.0 Å². The van der Waals surface area contributed by atoms with E-state index in [1.807, 2.05) is 61.5 Å². The highest BCUT2D eigenvalue weighted by Gasteiger charge is 2.12. The second-order valence-corrected chi connectivity index (χ2v) is 9.05. The van der Waals surface area contributed by atoms with E-state index in [-0.39, 0.29) is 6.03 Å². The molecule has 2 amide bonds. The largest absolute Gasteiger partial charge is 0.366 e. The van der Waals surface area contributed by atoms with Crippen molar-refractivity contribution in [3.05, 3.63) is 106 Å². The highest BCUT2D eigenvalue weighted by Crippen LogP contribution is 2.29. The summed E-state index contributed by atoms with van der Waals surface area (Å²) in [6, 6.07) is 23.8. The van der Waals surface area contributed by atoms with E-state index in [1.54, 1.807) is 35.0 Å². The van der Waals surface area contributed by atoms with Crippen molar-refractivity contribution in [2.45, 2.75) is 13.5 Å². The van der Waals surface area contributed by atoms with Crippen LogP contribution in [0.3, 0.4) is 0 Å². The second-order valence-electron chi connectivity index (χ2n) is 8.21. The van der Waals surface area contributed by atoms with Gasteiger partial charge in [0.05, 0.1) is 11.9 Å². The van der Waals surface area contributed by atoms with Crippen molar-refractivity contribution in [1.82, 2.24) is 14.6 Å². The standard InChI is InChI=1S/C27H22Cl2N6O/c1-17-15-31-35-25(14-24(34-26(17)35)22-4-2-3-5-23(22)29)30-16-18-6-10-20(11-7-18)32-27(36)33-21-12-8-19(28)9-13-21/h2-15,30H,16H2,1H3,(H2,32,33,36). The lowest BCUT2D eigenvalue weighted by molar-refractivity contribution is 0.262. The first-order valence-electron chi connectivity index (χ1n) is 11.2. The smallest absolute Gasteiger partial charge is 0.323 e. The molecule has 7 nitrogen and oxygen atoms in total.